The minimum atomic E-state index is -0.0336. The number of H-pyrrole nitrogens is 1. The Kier molecular flexibility index (Phi) is 8.14. The zero-order valence-electron chi connectivity index (χ0n) is 19.4. The molecule has 0 aliphatic carbocycles. The molecular formula is C25H33N5O2. The first-order valence-corrected chi connectivity index (χ1v) is 10.9. The molecule has 0 radical (unpaired) electrons. The molecule has 3 N–H and O–H groups in total. The van der Waals surface area contributed by atoms with E-state index in [1.54, 1.807) is 26.1 Å². The van der Waals surface area contributed by atoms with Crippen molar-refractivity contribution in [2.45, 2.75) is 19.8 Å². The number of fused-ring (bicyclic) bond motifs is 1. The first-order valence-electron chi connectivity index (χ1n) is 10.9. The molecule has 0 unspecified atom stereocenters. The van der Waals surface area contributed by atoms with Crippen molar-refractivity contribution in [3.05, 3.63) is 65.4 Å². The summed E-state index contributed by atoms with van der Waals surface area (Å²) in [6, 6.07) is 16.4. The number of ether oxygens (including phenoxy) is 1. The number of nitrogens with one attached hydrogen (secondary N) is 3. The van der Waals surface area contributed by atoms with Gasteiger partial charge in [0.25, 0.3) is 0 Å². The van der Waals surface area contributed by atoms with Gasteiger partial charge >= 0.3 is 0 Å². The predicted molar refractivity (Wildman–Crippen MR) is 130 cm³/mol. The molecule has 1 heterocycles. The van der Waals surface area contributed by atoms with Gasteiger partial charge in [0, 0.05) is 43.8 Å². The summed E-state index contributed by atoms with van der Waals surface area (Å²) in [5, 5.41) is 7.99. The first kappa shape index (κ1) is 23.2. The van der Waals surface area contributed by atoms with Gasteiger partial charge < -0.3 is 25.3 Å². The van der Waals surface area contributed by atoms with Crippen LogP contribution in [-0.4, -0.2) is 62.6 Å². The Morgan fingerprint density at radius 3 is 2.41 bits per heavy atom. The summed E-state index contributed by atoms with van der Waals surface area (Å²) in [7, 11) is 5.14. The zero-order chi connectivity index (χ0) is 22.9. The second kappa shape index (κ2) is 11.2. The minimum absolute atomic E-state index is 0.0336. The van der Waals surface area contributed by atoms with Crippen molar-refractivity contribution in [1.29, 1.82) is 0 Å². The van der Waals surface area contributed by atoms with Crippen LogP contribution in [0.25, 0.3) is 10.9 Å². The standard InChI is InChI=1S/C25H33N5O2/c1-18-21(22-7-5-6-8-23(22)29-18)14-16-27-25(28-17-24(31)30(2)3)26-15-13-19-9-11-20(32-4)12-10-19/h5-12,29H,13-17H2,1-4H3,(H2,26,27,28). The lowest BCUT2D eigenvalue weighted by atomic mass is 10.1. The molecule has 7 nitrogen and oxygen atoms in total. The third kappa shape index (κ3) is 6.26. The average Bonchev–Trinajstić information content (AvgIpc) is 3.12. The van der Waals surface area contributed by atoms with Crippen molar-refractivity contribution in [3.63, 3.8) is 0 Å². The Balaban J connectivity index is 1.59. The quantitative estimate of drug-likeness (QED) is 0.357. The van der Waals surface area contributed by atoms with Crippen LogP contribution in [0.4, 0.5) is 0 Å². The van der Waals surface area contributed by atoms with Crippen molar-refractivity contribution < 1.29 is 9.53 Å². The molecular weight excluding hydrogens is 402 g/mol. The predicted octanol–water partition coefficient (Wildman–Crippen LogP) is 2.89. The lowest BCUT2D eigenvalue weighted by Gasteiger charge is -2.14. The molecule has 0 saturated heterocycles. The van der Waals surface area contributed by atoms with Gasteiger partial charge in [-0.05, 0) is 49.1 Å². The maximum Gasteiger partial charge on any atom is 0.243 e. The number of aromatic nitrogens is 1. The van der Waals surface area contributed by atoms with Crippen LogP contribution in [0.1, 0.15) is 16.8 Å². The number of rotatable bonds is 9. The molecule has 3 rings (SSSR count). The van der Waals surface area contributed by atoms with Gasteiger partial charge in [0.05, 0.1) is 7.11 Å². The van der Waals surface area contributed by atoms with Crippen molar-refractivity contribution in [1.82, 2.24) is 20.5 Å². The molecule has 3 aromatic rings. The fraction of sp³-hybridized carbons (Fsp3) is 0.360. The minimum Gasteiger partial charge on any atom is -0.497 e. The van der Waals surface area contributed by atoms with E-state index in [4.69, 9.17) is 4.74 Å². The van der Waals surface area contributed by atoms with E-state index in [0.717, 1.165) is 24.1 Å². The normalized spacial score (nSPS) is 11.4. The van der Waals surface area contributed by atoms with Crippen LogP contribution in [0.5, 0.6) is 5.75 Å². The number of guanidine groups is 1. The summed E-state index contributed by atoms with van der Waals surface area (Å²) < 4.78 is 5.21. The second-order valence-corrected chi connectivity index (χ2v) is 7.93. The van der Waals surface area contributed by atoms with Crippen LogP contribution >= 0.6 is 0 Å². The lowest BCUT2D eigenvalue weighted by Crippen LogP contribution is -2.40. The summed E-state index contributed by atoms with van der Waals surface area (Å²) in [6.07, 6.45) is 1.70. The molecule has 7 heteroatoms. The van der Waals surface area contributed by atoms with Crippen LogP contribution in [0.15, 0.2) is 53.5 Å². The molecule has 1 amide bonds. The third-order valence-electron chi connectivity index (χ3n) is 5.43. The van der Waals surface area contributed by atoms with Crippen molar-refractivity contribution >= 4 is 22.8 Å². The molecule has 0 aliphatic rings. The van der Waals surface area contributed by atoms with Gasteiger partial charge in [-0.1, -0.05) is 30.3 Å². The van der Waals surface area contributed by atoms with E-state index in [1.807, 2.05) is 18.2 Å². The van der Waals surface area contributed by atoms with Crippen LogP contribution in [0.3, 0.4) is 0 Å². The van der Waals surface area contributed by atoms with E-state index in [-0.39, 0.29) is 12.5 Å². The topological polar surface area (TPSA) is 81.8 Å². The Hall–Kier alpha value is -3.48. The molecule has 0 atom stereocenters. The molecule has 0 fully saturated rings. The van der Waals surface area contributed by atoms with Crippen LogP contribution in [-0.2, 0) is 17.6 Å². The highest BCUT2D eigenvalue weighted by Crippen LogP contribution is 2.21. The largest absolute Gasteiger partial charge is 0.497 e. The molecule has 0 spiro atoms. The summed E-state index contributed by atoms with van der Waals surface area (Å²) >= 11 is 0. The van der Waals surface area contributed by atoms with Gasteiger partial charge in [0.15, 0.2) is 5.96 Å². The summed E-state index contributed by atoms with van der Waals surface area (Å²) in [4.78, 5) is 21.5. The van der Waals surface area contributed by atoms with Crippen LogP contribution in [0.2, 0.25) is 0 Å². The fourth-order valence-corrected chi connectivity index (χ4v) is 3.54. The Morgan fingerprint density at radius 1 is 1.03 bits per heavy atom. The van der Waals surface area contributed by atoms with E-state index >= 15 is 0 Å². The number of nitrogens with zero attached hydrogens (tertiary/aromatic N) is 2. The number of amides is 1. The highest BCUT2D eigenvalue weighted by Gasteiger charge is 2.09. The van der Waals surface area contributed by atoms with Gasteiger partial charge in [0.1, 0.15) is 12.3 Å². The number of aliphatic imine (C=N–C) groups is 1. The number of benzene rings is 2. The SMILES string of the molecule is COc1ccc(CCNC(=NCC(=O)N(C)C)NCCc2c(C)[nH]c3ccccc23)cc1. The maximum absolute atomic E-state index is 12.0. The average molecular weight is 436 g/mol. The molecule has 0 bridgehead atoms. The molecule has 170 valence electrons. The van der Waals surface area contributed by atoms with Crippen molar-refractivity contribution in [3.8, 4) is 5.75 Å². The number of para-hydroxylation sites is 1. The Labute approximate surface area is 189 Å². The number of likely N-dealkylation sites (N-methyl/N-ethyl adjacent to an activating group) is 1. The smallest absolute Gasteiger partial charge is 0.243 e. The number of carbonyl (C=O) groups excluding carboxylic acids is 1. The molecule has 32 heavy (non-hydrogen) atoms. The van der Waals surface area contributed by atoms with Crippen molar-refractivity contribution in [2.24, 2.45) is 4.99 Å². The summed E-state index contributed by atoms with van der Waals surface area (Å²) in [6.45, 7) is 3.64. The molecule has 0 saturated carbocycles. The van der Waals surface area contributed by atoms with Crippen LogP contribution in [0, 0.1) is 6.92 Å². The summed E-state index contributed by atoms with van der Waals surface area (Å²) in [5.74, 6) is 1.46. The van der Waals surface area contributed by atoms with E-state index in [1.165, 1.54) is 22.2 Å². The number of methoxy groups -OCH3 is 1. The van der Waals surface area contributed by atoms with Gasteiger partial charge in [-0.2, -0.15) is 0 Å². The number of aryl methyl sites for hydroxylation is 1. The molecule has 1 aromatic heterocycles. The second-order valence-electron chi connectivity index (χ2n) is 7.93. The van der Waals surface area contributed by atoms with Gasteiger partial charge in [0.2, 0.25) is 5.91 Å². The Bertz CT molecular complexity index is 1050. The Morgan fingerprint density at radius 2 is 1.72 bits per heavy atom. The first-order chi connectivity index (χ1) is 15.5. The van der Waals surface area contributed by atoms with Gasteiger partial charge in [-0.25, -0.2) is 4.99 Å². The maximum atomic E-state index is 12.0. The highest BCUT2D eigenvalue weighted by atomic mass is 16.5. The molecule has 2 aromatic carbocycles. The van der Waals surface area contributed by atoms with Crippen molar-refractivity contribution in [2.75, 3.05) is 40.8 Å². The number of carbonyl (C=O) groups is 1. The lowest BCUT2D eigenvalue weighted by molar-refractivity contribution is -0.127. The molecule has 0 aliphatic heterocycles. The van der Waals surface area contributed by atoms with Gasteiger partial charge in [-0.3, -0.25) is 4.79 Å². The summed E-state index contributed by atoms with van der Waals surface area (Å²) in [5.41, 5.74) is 4.84. The van der Waals surface area contributed by atoms with E-state index in [9.17, 15) is 4.79 Å². The zero-order valence-corrected chi connectivity index (χ0v) is 19.4. The van der Waals surface area contributed by atoms with Gasteiger partial charge in [-0.15, -0.1) is 0 Å². The number of hydrogen-bond donors (Lipinski definition) is 3. The monoisotopic (exact) mass is 435 g/mol. The third-order valence-corrected chi connectivity index (χ3v) is 5.43. The van der Waals surface area contributed by atoms with Crippen LogP contribution < -0.4 is 15.4 Å². The highest BCUT2D eigenvalue weighted by molar-refractivity contribution is 5.86. The fourth-order valence-electron chi connectivity index (χ4n) is 3.54. The van der Waals surface area contributed by atoms with E-state index in [2.05, 4.69) is 57.9 Å². The van der Waals surface area contributed by atoms with E-state index < -0.39 is 0 Å². The number of aromatic amines is 1. The van der Waals surface area contributed by atoms with E-state index in [0.29, 0.717) is 19.0 Å². The number of hydrogen-bond acceptors (Lipinski definition) is 3.